The Labute approximate surface area is 106 Å². The van der Waals surface area contributed by atoms with E-state index in [1.807, 2.05) is 24.3 Å². The van der Waals surface area contributed by atoms with E-state index in [4.69, 9.17) is 16.9 Å². The number of anilines is 1. The Morgan fingerprint density at radius 1 is 1.41 bits per heavy atom. The van der Waals surface area contributed by atoms with Crippen molar-refractivity contribution in [1.82, 2.24) is 0 Å². The van der Waals surface area contributed by atoms with Gasteiger partial charge in [-0.2, -0.15) is 5.26 Å². The van der Waals surface area contributed by atoms with Crippen molar-refractivity contribution in [1.29, 1.82) is 5.26 Å². The molecule has 1 aromatic carbocycles. The van der Waals surface area contributed by atoms with Gasteiger partial charge in [-0.05, 0) is 30.5 Å². The van der Waals surface area contributed by atoms with E-state index < -0.39 is 6.10 Å². The van der Waals surface area contributed by atoms with E-state index in [2.05, 4.69) is 11.4 Å². The van der Waals surface area contributed by atoms with Crippen molar-refractivity contribution in [3.8, 4) is 6.07 Å². The molecule has 1 aliphatic carbocycles. The first-order valence-electron chi connectivity index (χ1n) is 5.70. The molecular formula is C13H15ClN2O. The number of nitrogens with one attached hydrogen (secondary N) is 1. The lowest BCUT2D eigenvalue weighted by Crippen LogP contribution is -2.20. The molecule has 1 aliphatic rings. The number of aliphatic hydroxyl groups excluding tert-OH is 1. The zero-order chi connectivity index (χ0) is 12.3. The molecule has 17 heavy (non-hydrogen) atoms. The largest absolute Gasteiger partial charge is 0.390 e. The quantitative estimate of drug-likeness (QED) is 0.788. The van der Waals surface area contributed by atoms with Gasteiger partial charge < -0.3 is 10.4 Å². The van der Waals surface area contributed by atoms with Crippen molar-refractivity contribution in [3.63, 3.8) is 0 Å². The van der Waals surface area contributed by atoms with Gasteiger partial charge in [-0.1, -0.05) is 12.1 Å². The summed E-state index contributed by atoms with van der Waals surface area (Å²) in [5, 5.41) is 21.5. The number of alkyl halides is 1. The number of hydrogen-bond donors (Lipinski definition) is 2. The Morgan fingerprint density at radius 3 is 2.53 bits per heavy atom. The van der Waals surface area contributed by atoms with Gasteiger partial charge in [0.1, 0.15) is 0 Å². The molecule has 1 unspecified atom stereocenters. The summed E-state index contributed by atoms with van der Waals surface area (Å²) in [4.78, 5) is 0. The molecule has 0 aliphatic heterocycles. The first kappa shape index (κ1) is 12.2. The summed E-state index contributed by atoms with van der Waals surface area (Å²) in [5.74, 6) is 0.225. The average molecular weight is 251 g/mol. The van der Waals surface area contributed by atoms with E-state index in [-0.39, 0.29) is 11.3 Å². The summed E-state index contributed by atoms with van der Waals surface area (Å²) in [5.41, 5.74) is 1.80. The van der Waals surface area contributed by atoms with Crippen molar-refractivity contribution in [3.05, 3.63) is 29.8 Å². The first-order valence-corrected chi connectivity index (χ1v) is 6.23. The second-order valence-electron chi connectivity index (χ2n) is 4.46. The van der Waals surface area contributed by atoms with Crippen molar-refractivity contribution in [2.45, 2.75) is 24.4 Å². The summed E-state index contributed by atoms with van der Waals surface area (Å²) < 4.78 is 0. The van der Waals surface area contributed by atoms with Crippen LogP contribution in [-0.4, -0.2) is 23.6 Å². The van der Waals surface area contributed by atoms with E-state index in [0.717, 1.165) is 24.1 Å². The molecule has 3 nitrogen and oxygen atoms in total. The maximum atomic E-state index is 9.31. The second-order valence-corrected chi connectivity index (χ2v) is 4.77. The molecule has 0 saturated heterocycles. The molecule has 1 atom stereocenters. The molecule has 0 amide bonds. The molecule has 0 radical (unpaired) electrons. The van der Waals surface area contributed by atoms with Crippen LogP contribution in [0.5, 0.6) is 0 Å². The minimum atomic E-state index is -0.537. The van der Waals surface area contributed by atoms with Gasteiger partial charge in [-0.3, -0.25) is 0 Å². The van der Waals surface area contributed by atoms with Crippen LogP contribution >= 0.6 is 11.6 Å². The van der Waals surface area contributed by atoms with Crippen LogP contribution in [0.15, 0.2) is 24.3 Å². The molecule has 2 rings (SSSR count). The zero-order valence-electron chi connectivity index (χ0n) is 9.49. The van der Waals surface area contributed by atoms with Gasteiger partial charge in [0, 0.05) is 12.2 Å². The van der Waals surface area contributed by atoms with E-state index in [0.29, 0.717) is 6.54 Å². The average Bonchev–Trinajstić information content (AvgIpc) is 3.17. The van der Waals surface area contributed by atoms with E-state index >= 15 is 0 Å². The Hall–Kier alpha value is -1.24. The number of rotatable bonds is 5. The van der Waals surface area contributed by atoms with Crippen LogP contribution in [0.2, 0.25) is 0 Å². The molecule has 2 N–H and O–H groups in total. The van der Waals surface area contributed by atoms with E-state index in [1.165, 1.54) is 0 Å². The number of hydrogen-bond acceptors (Lipinski definition) is 3. The fourth-order valence-corrected chi connectivity index (χ4v) is 1.90. The molecule has 1 fully saturated rings. The molecule has 90 valence electrons. The predicted octanol–water partition coefficient (Wildman–Crippen LogP) is 2.25. The molecular weight excluding hydrogens is 236 g/mol. The molecule has 4 heteroatoms. The van der Waals surface area contributed by atoms with Crippen LogP contribution < -0.4 is 5.32 Å². The highest BCUT2D eigenvalue weighted by Gasteiger charge is 2.44. The summed E-state index contributed by atoms with van der Waals surface area (Å²) in [6.45, 7) is 0.437. The number of halogens is 1. The van der Waals surface area contributed by atoms with Crippen molar-refractivity contribution in [2.75, 3.05) is 17.7 Å². The van der Waals surface area contributed by atoms with Crippen LogP contribution in [0, 0.1) is 11.3 Å². The van der Waals surface area contributed by atoms with Crippen LogP contribution in [0.1, 0.15) is 18.4 Å². The van der Waals surface area contributed by atoms with E-state index in [9.17, 15) is 5.11 Å². The van der Waals surface area contributed by atoms with E-state index in [1.54, 1.807) is 0 Å². The summed E-state index contributed by atoms with van der Waals surface area (Å²) in [6, 6.07) is 10.2. The topological polar surface area (TPSA) is 56.0 Å². The van der Waals surface area contributed by atoms with Crippen molar-refractivity contribution < 1.29 is 5.11 Å². The van der Waals surface area contributed by atoms with Gasteiger partial charge in [0.2, 0.25) is 0 Å². The minimum absolute atomic E-state index is 0.225. The molecule has 0 spiro atoms. The molecule has 1 saturated carbocycles. The van der Waals surface area contributed by atoms with Crippen LogP contribution in [0.3, 0.4) is 0 Å². The predicted molar refractivity (Wildman–Crippen MR) is 68.2 cm³/mol. The van der Waals surface area contributed by atoms with Crippen molar-refractivity contribution >= 4 is 17.3 Å². The Bertz CT molecular complexity index is 420. The lowest BCUT2D eigenvalue weighted by atomic mass is 9.98. The third-order valence-electron chi connectivity index (χ3n) is 3.12. The van der Waals surface area contributed by atoms with Gasteiger partial charge in [-0.15, -0.1) is 11.6 Å². The highest BCUT2D eigenvalue weighted by Crippen LogP contribution is 2.47. The van der Waals surface area contributed by atoms with Gasteiger partial charge in [0.15, 0.2) is 0 Å². The number of nitrogens with zero attached hydrogens (tertiary/aromatic N) is 1. The summed E-state index contributed by atoms with van der Waals surface area (Å²) in [7, 11) is 0. The Balaban J connectivity index is 1.97. The fourth-order valence-electron chi connectivity index (χ4n) is 1.79. The SMILES string of the molecule is N#CC1(c2ccc(NCC(O)CCl)cc2)CC1. The standard InChI is InChI=1S/C13H15ClN2O/c14-7-12(17)8-16-11-3-1-10(2-4-11)13(9-15)5-6-13/h1-4,12,16-17H,5-8H2. The second kappa shape index (κ2) is 4.95. The maximum Gasteiger partial charge on any atom is 0.0847 e. The summed E-state index contributed by atoms with van der Waals surface area (Å²) in [6.07, 6.45) is 1.38. The number of benzene rings is 1. The summed E-state index contributed by atoms with van der Waals surface area (Å²) >= 11 is 5.50. The van der Waals surface area contributed by atoms with Crippen LogP contribution in [-0.2, 0) is 5.41 Å². The highest BCUT2D eigenvalue weighted by atomic mass is 35.5. The van der Waals surface area contributed by atoms with Gasteiger partial charge >= 0.3 is 0 Å². The third-order valence-corrected chi connectivity index (χ3v) is 3.48. The maximum absolute atomic E-state index is 9.31. The smallest absolute Gasteiger partial charge is 0.0847 e. The fraction of sp³-hybridized carbons (Fsp3) is 0.462. The minimum Gasteiger partial charge on any atom is -0.390 e. The van der Waals surface area contributed by atoms with Crippen molar-refractivity contribution in [2.24, 2.45) is 0 Å². The van der Waals surface area contributed by atoms with Crippen LogP contribution in [0.25, 0.3) is 0 Å². The number of nitriles is 1. The van der Waals surface area contributed by atoms with Gasteiger partial charge in [-0.25, -0.2) is 0 Å². The normalized spacial score (nSPS) is 18.2. The Morgan fingerprint density at radius 2 is 2.06 bits per heavy atom. The lowest BCUT2D eigenvalue weighted by Gasteiger charge is -2.11. The monoisotopic (exact) mass is 250 g/mol. The lowest BCUT2D eigenvalue weighted by molar-refractivity contribution is 0.211. The van der Waals surface area contributed by atoms with Gasteiger partial charge in [0.25, 0.3) is 0 Å². The number of aliphatic hydroxyl groups is 1. The molecule has 1 aromatic rings. The Kier molecular flexibility index (Phi) is 3.56. The van der Waals surface area contributed by atoms with Crippen LogP contribution in [0.4, 0.5) is 5.69 Å². The first-order chi connectivity index (χ1) is 8.20. The highest BCUT2D eigenvalue weighted by molar-refractivity contribution is 6.18. The third kappa shape index (κ3) is 2.71. The molecule has 0 heterocycles. The zero-order valence-corrected chi connectivity index (χ0v) is 10.2. The molecule has 0 aromatic heterocycles. The van der Waals surface area contributed by atoms with Gasteiger partial charge in [0.05, 0.1) is 23.5 Å². The molecule has 0 bridgehead atoms.